The number of hydrogen-bond donors (Lipinski definition) is 1. The van der Waals surface area contributed by atoms with E-state index in [0.717, 1.165) is 18.8 Å². The van der Waals surface area contributed by atoms with Gasteiger partial charge in [-0.05, 0) is 23.8 Å². The van der Waals surface area contributed by atoms with Crippen LogP contribution in [0.2, 0.25) is 0 Å². The van der Waals surface area contributed by atoms with Crippen molar-refractivity contribution in [1.82, 2.24) is 4.98 Å². The van der Waals surface area contributed by atoms with Gasteiger partial charge in [0.15, 0.2) is 0 Å². The highest BCUT2D eigenvalue weighted by atomic mass is 15.2. The summed E-state index contributed by atoms with van der Waals surface area (Å²) in [5.74, 6) is 1.56. The fraction of sp³-hybridized carbons (Fsp3) is 0.438. The van der Waals surface area contributed by atoms with Crippen LogP contribution in [0.4, 0.5) is 5.82 Å². The number of aromatic nitrogens is 1. The first-order chi connectivity index (χ1) is 9.09. The lowest BCUT2D eigenvalue weighted by Crippen LogP contribution is -2.32. The second-order valence-electron chi connectivity index (χ2n) is 5.47. The Hall–Kier alpha value is -1.61. The normalized spacial score (nSPS) is 12.9. The lowest BCUT2D eigenvalue weighted by Gasteiger charge is -2.23. The fourth-order valence-corrected chi connectivity index (χ4v) is 2.19. The Labute approximate surface area is 115 Å². The summed E-state index contributed by atoms with van der Waals surface area (Å²) in [6, 6.07) is 10.6. The highest BCUT2D eigenvalue weighted by molar-refractivity contribution is 5.91. The zero-order valence-corrected chi connectivity index (χ0v) is 12.0. The van der Waals surface area contributed by atoms with Crippen molar-refractivity contribution in [2.24, 2.45) is 11.7 Å². The van der Waals surface area contributed by atoms with Crippen LogP contribution in [-0.2, 0) is 0 Å². The van der Waals surface area contributed by atoms with Gasteiger partial charge in [0.2, 0.25) is 0 Å². The van der Waals surface area contributed by atoms with E-state index >= 15 is 0 Å². The van der Waals surface area contributed by atoms with Crippen LogP contribution in [0, 0.1) is 5.92 Å². The predicted octanol–water partition coefficient (Wildman–Crippen LogP) is 3.04. The molecular formula is C16H23N3. The maximum atomic E-state index is 6.11. The summed E-state index contributed by atoms with van der Waals surface area (Å²) in [6.45, 7) is 5.27. The van der Waals surface area contributed by atoms with E-state index in [2.05, 4.69) is 55.0 Å². The van der Waals surface area contributed by atoms with Gasteiger partial charge in [0.1, 0.15) is 5.82 Å². The Morgan fingerprint density at radius 2 is 1.95 bits per heavy atom. The van der Waals surface area contributed by atoms with Gasteiger partial charge in [-0.3, -0.25) is 0 Å². The molecule has 0 aliphatic heterocycles. The quantitative estimate of drug-likeness (QED) is 0.895. The molecule has 3 nitrogen and oxygen atoms in total. The third-order valence-electron chi connectivity index (χ3n) is 3.67. The Balaban J connectivity index is 2.15. The monoisotopic (exact) mass is 257 g/mol. The Morgan fingerprint density at radius 3 is 2.68 bits per heavy atom. The van der Waals surface area contributed by atoms with Gasteiger partial charge in [-0.2, -0.15) is 0 Å². The van der Waals surface area contributed by atoms with Crippen LogP contribution in [0.5, 0.6) is 0 Å². The van der Waals surface area contributed by atoms with Crippen molar-refractivity contribution in [3.05, 3.63) is 36.5 Å². The molecule has 0 bridgehead atoms. The highest BCUT2D eigenvalue weighted by Gasteiger charge is 2.11. The molecule has 0 radical (unpaired) electrons. The standard InChI is InChI=1S/C16H23N3/c1-12(2)15(17)9-11-19(3)16-14-7-5-4-6-13(14)8-10-18-16/h4-8,10,12,15H,9,11,17H2,1-3H3. The molecule has 0 saturated heterocycles. The van der Waals surface area contributed by atoms with Crippen molar-refractivity contribution >= 4 is 16.6 Å². The lowest BCUT2D eigenvalue weighted by atomic mass is 10.0. The van der Waals surface area contributed by atoms with Crippen LogP contribution in [-0.4, -0.2) is 24.6 Å². The lowest BCUT2D eigenvalue weighted by molar-refractivity contribution is 0.466. The number of hydrogen-bond acceptors (Lipinski definition) is 3. The van der Waals surface area contributed by atoms with Crippen molar-refractivity contribution in [3.63, 3.8) is 0 Å². The van der Waals surface area contributed by atoms with E-state index in [1.165, 1.54) is 10.8 Å². The van der Waals surface area contributed by atoms with Gasteiger partial charge in [0.25, 0.3) is 0 Å². The number of nitrogens with two attached hydrogens (primary N) is 1. The molecule has 1 heterocycles. The first kappa shape index (κ1) is 13.8. The molecule has 0 spiro atoms. The van der Waals surface area contributed by atoms with E-state index in [0.29, 0.717) is 5.92 Å². The average molecular weight is 257 g/mol. The molecule has 0 saturated carbocycles. The molecule has 2 rings (SSSR count). The minimum absolute atomic E-state index is 0.248. The van der Waals surface area contributed by atoms with Crippen LogP contribution >= 0.6 is 0 Å². The molecule has 0 amide bonds. The molecule has 0 aliphatic rings. The van der Waals surface area contributed by atoms with E-state index in [-0.39, 0.29) is 6.04 Å². The van der Waals surface area contributed by atoms with Crippen molar-refractivity contribution in [1.29, 1.82) is 0 Å². The molecule has 0 fully saturated rings. The molecule has 1 atom stereocenters. The summed E-state index contributed by atoms with van der Waals surface area (Å²) >= 11 is 0. The summed E-state index contributed by atoms with van der Waals surface area (Å²) in [7, 11) is 2.09. The molecule has 1 aromatic carbocycles. The summed E-state index contributed by atoms with van der Waals surface area (Å²) in [5, 5.41) is 2.43. The van der Waals surface area contributed by atoms with Crippen molar-refractivity contribution in [3.8, 4) is 0 Å². The SMILES string of the molecule is CC(C)C(N)CCN(C)c1nccc2ccccc12. The van der Waals surface area contributed by atoms with E-state index in [1.807, 2.05) is 12.3 Å². The van der Waals surface area contributed by atoms with E-state index in [9.17, 15) is 0 Å². The predicted molar refractivity (Wildman–Crippen MR) is 82.4 cm³/mol. The molecule has 0 aliphatic carbocycles. The van der Waals surface area contributed by atoms with Gasteiger partial charge in [-0.25, -0.2) is 4.98 Å². The second kappa shape index (κ2) is 6.02. The smallest absolute Gasteiger partial charge is 0.136 e. The molecular weight excluding hydrogens is 234 g/mol. The molecule has 2 N–H and O–H groups in total. The van der Waals surface area contributed by atoms with Crippen molar-refractivity contribution in [2.75, 3.05) is 18.5 Å². The summed E-state index contributed by atoms with van der Waals surface area (Å²) < 4.78 is 0. The highest BCUT2D eigenvalue weighted by Crippen LogP contribution is 2.23. The number of fused-ring (bicyclic) bond motifs is 1. The molecule has 1 unspecified atom stereocenters. The van der Waals surface area contributed by atoms with Crippen LogP contribution in [0.15, 0.2) is 36.5 Å². The Morgan fingerprint density at radius 1 is 1.21 bits per heavy atom. The van der Waals surface area contributed by atoms with Gasteiger partial charge in [-0.15, -0.1) is 0 Å². The van der Waals surface area contributed by atoms with Crippen LogP contribution in [0.25, 0.3) is 10.8 Å². The number of nitrogens with zero attached hydrogens (tertiary/aromatic N) is 2. The van der Waals surface area contributed by atoms with Gasteiger partial charge >= 0.3 is 0 Å². The van der Waals surface area contributed by atoms with Gasteiger partial charge in [-0.1, -0.05) is 38.1 Å². The number of benzene rings is 1. The molecule has 3 heteroatoms. The first-order valence-corrected chi connectivity index (χ1v) is 6.90. The third kappa shape index (κ3) is 3.24. The maximum absolute atomic E-state index is 6.11. The molecule has 102 valence electrons. The minimum Gasteiger partial charge on any atom is -0.359 e. The number of rotatable bonds is 5. The zero-order chi connectivity index (χ0) is 13.8. The number of pyridine rings is 1. The largest absolute Gasteiger partial charge is 0.359 e. The van der Waals surface area contributed by atoms with Crippen molar-refractivity contribution in [2.45, 2.75) is 26.3 Å². The summed E-state index contributed by atoms with van der Waals surface area (Å²) in [4.78, 5) is 6.71. The molecule has 2 aromatic rings. The van der Waals surface area contributed by atoms with E-state index in [4.69, 9.17) is 5.73 Å². The Kier molecular flexibility index (Phi) is 4.38. The van der Waals surface area contributed by atoms with Crippen LogP contribution in [0.1, 0.15) is 20.3 Å². The van der Waals surface area contributed by atoms with Gasteiger partial charge < -0.3 is 10.6 Å². The first-order valence-electron chi connectivity index (χ1n) is 6.90. The van der Waals surface area contributed by atoms with Crippen molar-refractivity contribution < 1.29 is 0 Å². The zero-order valence-electron chi connectivity index (χ0n) is 12.0. The summed E-state index contributed by atoms with van der Waals surface area (Å²) in [5.41, 5.74) is 6.11. The van der Waals surface area contributed by atoms with Crippen LogP contribution < -0.4 is 10.6 Å². The van der Waals surface area contributed by atoms with E-state index in [1.54, 1.807) is 0 Å². The minimum atomic E-state index is 0.248. The third-order valence-corrected chi connectivity index (χ3v) is 3.67. The topological polar surface area (TPSA) is 42.1 Å². The van der Waals surface area contributed by atoms with Gasteiger partial charge in [0.05, 0.1) is 0 Å². The molecule has 1 aromatic heterocycles. The average Bonchev–Trinajstić information content (AvgIpc) is 2.43. The van der Waals surface area contributed by atoms with E-state index < -0.39 is 0 Å². The molecule has 19 heavy (non-hydrogen) atoms. The fourth-order valence-electron chi connectivity index (χ4n) is 2.19. The summed E-state index contributed by atoms with van der Waals surface area (Å²) in [6.07, 6.45) is 2.86. The Bertz CT molecular complexity index is 531. The number of anilines is 1. The maximum Gasteiger partial charge on any atom is 0.136 e. The second-order valence-corrected chi connectivity index (χ2v) is 5.47. The van der Waals surface area contributed by atoms with Crippen LogP contribution in [0.3, 0.4) is 0 Å². The van der Waals surface area contributed by atoms with Gasteiger partial charge in [0, 0.05) is 31.2 Å².